The molecule has 1 aromatic heterocycles. The molecular formula is C19H22N6O5S2. The van der Waals surface area contributed by atoms with Crippen LogP contribution >= 0.6 is 11.3 Å². The number of nitriles is 1. The van der Waals surface area contributed by atoms with Gasteiger partial charge in [0, 0.05) is 6.54 Å². The predicted molar refractivity (Wildman–Crippen MR) is 118 cm³/mol. The number of nitrogens with zero attached hydrogens (tertiary/aromatic N) is 1. The molecule has 170 valence electrons. The van der Waals surface area contributed by atoms with Crippen molar-refractivity contribution < 1.29 is 23.2 Å². The fraction of sp³-hybridized carbons (Fsp3) is 0.263. The second-order valence-corrected chi connectivity index (χ2v) is 9.23. The van der Waals surface area contributed by atoms with Gasteiger partial charge in [0.2, 0.25) is 11.6 Å². The molecule has 7 N–H and O–H groups in total. The van der Waals surface area contributed by atoms with E-state index < -0.39 is 27.6 Å². The van der Waals surface area contributed by atoms with Crippen LogP contribution in [-0.4, -0.2) is 43.7 Å². The normalized spacial score (nSPS) is 11.9. The lowest BCUT2D eigenvalue weighted by atomic mass is 10.0. The highest BCUT2D eigenvalue weighted by Gasteiger charge is 2.30. The van der Waals surface area contributed by atoms with Crippen LogP contribution in [0.1, 0.15) is 33.6 Å². The summed E-state index contributed by atoms with van der Waals surface area (Å²) in [6, 6.07) is 6.41. The first-order valence-electron chi connectivity index (χ1n) is 9.28. The molecule has 0 fully saturated rings. The lowest BCUT2D eigenvalue weighted by Crippen LogP contribution is -2.40. The van der Waals surface area contributed by atoms with Gasteiger partial charge in [-0.1, -0.05) is 12.1 Å². The summed E-state index contributed by atoms with van der Waals surface area (Å²) in [5.41, 5.74) is 7.15. The second-order valence-electron chi connectivity index (χ2n) is 6.69. The highest BCUT2D eigenvalue weighted by Crippen LogP contribution is 2.28. The molecule has 0 radical (unpaired) electrons. The van der Waals surface area contributed by atoms with Gasteiger partial charge >= 0.3 is 0 Å². The third-order valence-corrected chi connectivity index (χ3v) is 6.88. The van der Waals surface area contributed by atoms with E-state index in [0.717, 1.165) is 11.3 Å². The van der Waals surface area contributed by atoms with E-state index in [-0.39, 0.29) is 39.9 Å². The molecule has 32 heavy (non-hydrogen) atoms. The Labute approximate surface area is 188 Å². The van der Waals surface area contributed by atoms with Gasteiger partial charge in [0.05, 0.1) is 17.3 Å². The van der Waals surface area contributed by atoms with Gasteiger partial charge in [-0.15, -0.1) is 11.3 Å². The Balaban J connectivity index is 2.23. The molecule has 0 saturated heterocycles. The maximum Gasteiger partial charge on any atom is 0.263 e. The number of Topliss-reactive ketones (excluding diaryl/α,β-unsaturated/α-hetero) is 2. The van der Waals surface area contributed by atoms with Crippen LogP contribution in [0.5, 0.6) is 0 Å². The van der Waals surface area contributed by atoms with Gasteiger partial charge in [0.25, 0.3) is 10.0 Å². The van der Waals surface area contributed by atoms with Crippen molar-refractivity contribution in [1.82, 2.24) is 10.8 Å². The van der Waals surface area contributed by atoms with E-state index in [0.29, 0.717) is 12.0 Å². The summed E-state index contributed by atoms with van der Waals surface area (Å²) in [5.74, 6) is -2.18. The van der Waals surface area contributed by atoms with Gasteiger partial charge in [0.1, 0.15) is 15.8 Å². The molecule has 2 rings (SSSR count). The average molecular weight is 479 g/mol. The Morgan fingerprint density at radius 3 is 2.69 bits per heavy atom. The molecule has 0 amide bonds. The van der Waals surface area contributed by atoms with Gasteiger partial charge in [-0.25, -0.2) is 8.42 Å². The van der Waals surface area contributed by atoms with Crippen LogP contribution in [-0.2, 0) is 14.8 Å². The van der Waals surface area contributed by atoms with Crippen molar-refractivity contribution in [2.24, 2.45) is 5.73 Å². The number of carbonyl (C=O) groups excluding carboxylic acids is 2. The molecule has 11 nitrogen and oxygen atoms in total. The van der Waals surface area contributed by atoms with E-state index in [2.05, 4.69) is 10.0 Å². The molecule has 0 unspecified atom stereocenters. The number of rotatable bonds is 11. The number of nitrogens with one attached hydrogen (secondary N) is 4. The number of hydrogen-bond acceptors (Lipinski definition) is 9. The van der Waals surface area contributed by atoms with Crippen molar-refractivity contribution in [3.05, 3.63) is 45.6 Å². The number of anilines is 1. The number of aryl methyl sites for hydroxylation is 1. The molecule has 0 spiro atoms. The van der Waals surface area contributed by atoms with Crippen molar-refractivity contribution in [3.63, 3.8) is 0 Å². The van der Waals surface area contributed by atoms with Crippen LogP contribution in [0.3, 0.4) is 0 Å². The maximum absolute atomic E-state index is 12.9. The lowest BCUT2D eigenvalue weighted by Gasteiger charge is -2.14. The monoisotopic (exact) mass is 478 g/mol. The van der Waals surface area contributed by atoms with Gasteiger partial charge in [-0.05, 0) is 42.8 Å². The number of ketones is 2. The summed E-state index contributed by atoms with van der Waals surface area (Å²) in [7, 11) is -4.22. The Bertz CT molecular complexity index is 1170. The van der Waals surface area contributed by atoms with Crippen LogP contribution in [0.15, 0.2) is 34.5 Å². The second kappa shape index (κ2) is 10.8. The van der Waals surface area contributed by atoms with Crippen molar-refractivity contribution in [3.8, 4) is 6.07 Å². The number of nitrogens with two attached hydrogens (primary N) is 1. The number of carbonyl (C=O) groups is 2. The molecule has 0 aliphatic heterocycles. The quantitative estimate of drug-likeness (QED) is 0.0683. The smallest absolute Gasteiger partial charge is 0.263 e. The molecule has 1 atom stereocenters. The zero-order chi connectivity index (χ0) is 23.9. The fourth-order valence-corrected chi connectivity index (χ4v) is 5.23. The van der Waals surface area contributed by atoms with Crippen LogP contribution < -0.4 is 21.3 Å². The number of hydrogen-bond donors (Lipinski definition) is 6. The van der Waals surface area contributed by atoms with E-state index in [9.17, 15) is 28.5 Å². The Morgan fingerprint density at radius 1 is 1.34 bits per heavy atom. The molecular weight excluding hydrogens is 456 g/mol. The largest absolute Gasteiger partial charge is 0.370 e. The summed E-state index contributed by atoms with van der Waals surface area (Å²) in [6.45, 7) is 1.80. The highest BCUT2D eigenvalue weighted by molar-refractivity contribution is 7.92. The Hall–Kier alpha value is -3.31. The fourth-order valence-electron chi connectivity index (χ4n) is 2.91. The van der Waals surface area contributed by atoms with E-state index in [1.807, 2.05) is 6.07 Å². The number of thiophene rings is 1. The highest BCUT2D eigenvalue weighted by atomic mass is 32.2. The van der Waals surface area contributed by atoms with Gasteiger partial charge in [-0.3, -0.25) is 19.7 Å². The summed E-state index contributed by atoms with van der Waals surface area (Å²) < 4.78 is 28.1. The third-order valence-electron chi connectivity index (χ3n) is 4.40. The topological polar surface area (TPSA) is 198 Å². The first-order valence-corrected chi connectivity index (χ1v) is 11.6. The van der Waals surface area contributed by atoms with Gasteiger partial charge in [-0.2, -0.15) is 10.7 Å². The SMILES string of the molecule is Cc1cccc(C#N)c1S(=O)(=O)Nc1ccsc1C(=O)C(=O)[C@H](CCCNC(=N)N)NO. The van der Waals surface area contributed by atoms with Crippen molar-refractivity contribution in [2.45, 2.75) is 30.7 Å². The molecule has 0 aliphatic carbocycles. The van der Waals surface area contributed by atoms with E-state index in [1.54, 1.807) is 11.5 Å². The summed E-state index contributed by atoms with van der Waals surface area (Å²) in [5, 5.41) is 29.6. The maximum atomic E-state index is 12.9. The van der Waals surface area contributed by atoms with E-state index in [1.165, 1.54) is 30.5 Å². The standard InChI is InChI=1S/C19H22N6O5S2/c1-11-4-2-5-12(10-20)18(11)32(29,30)25-14-7-9-31-17(14)16(27)15(26)13(24-28)6-3-8-23-19(21)22/h2,4-5,7,9,13,24-25,28H,3,6,8H2,1H3,(H4,21,22,23)/t13-/m0/s1. The molecule has 0 bridgehead atoms. The van der Waals surface area contributed by atoms with E-state index in [4.69, 9.17) is 11.1 Å². The third kappa shape index (κ3) is 5.89. The summed E-state index contributed by atoms with van der Waals surface area (Å²) in [6.07, 6.45) is 0.396. The molecule has 0 aliphatic rings. The summed E-state index contributed by atoms with van der Waals surface area (Å²) in [4.78, 5) is 24.9. The Kier molecular flexibility index (Phi) is 8.44. The first kappa shape index (κ1) is 25.0. The van der Waals surface area contributed by atoms with Crippen molar-refractivity contribution >= 4 is 44.6 Å². The first-order chi connectivity index (χ1) is 15.1. The minimum Gasteiger partial charge on any atom is -0.370 e. The van der Waals surface area contributed by atoms with Crippen LogP contribution in [0.25, 0.3) is 0 Å². The number of guanidine groups is 1. The lowest BCUT2D eigenvalue weighted by molar-refractivity contribution is -0.119. The molecule has 0 saturated carbocycles. The van der Waals surface area contributed by atoms with E-state index >= 15 is 0 Å². The Morgan fingerprint density at radius 2 is 2.06 bits per heavy atom. The average Bonchev–Trinajstić information content (AvgIpc) is 3.19. The summed E-state index contributed by atoms with van der Waals surface area (Å²) >= 11 is 0.867. The van der Waals surface area contributed by atoms with Crippen molar-refractivity contribution in [1.29, 1.82) is 10.7 Å². The van der Waals surface area contributed by atoms with Gasteiger partial charge in [0.15, 0.2) is 5.96 Å². The zero-order valence-corrected chi connectivity index (χ0v) is 18.6. The van der Waals surface area contributed by atoms with Crippen LogP contribution in [0.2, 0.25) is 0 Å². The van der Waals surface area contributed by atoms with Crippen LogP contribution in [0, 0.1) is 23.7 Å². The molecule has 2 aromatic rings. The van der Waals surface area contributed by atoms with Crippen LogP contribution in [0.4, 0.5) is 5.69 Å². The molecule has 13 heteroatoms. The minimum atomic E-state index is -4.22. The van der Waals surface area contributed by atoms with Crippen molar-refractivity contribution in [2.75, 3.05) is 11.3 Å². The number of benzene rings is 1. The minimum absolute atomic E-state index is 0.0552. The number of sulfonamides is 1. The van der Waals surface area contributed by atoms with Gasteiger partial charge < -0.3 is 16.3 Å². The zero-order valence-electron chi connectivity index (χ0n) is 17.0. The predicted octanol–water partition coefficient (Wildman–Crippen LogP) is 1.09. The molecule has 1 heterocycles. The molecule has 1 aromatic carbocycles. The number of hydroxylamine groups is 1.